The van der Waals surface area contributed by atoms with Gasteiger partial charge in [0.05, 0.1) is 4.90 Å². The van der Waals surface area contributed by atoms with Gasteiger partial charge in [-0.2, -0.15) is 0 Å². The van der Waals surface area contributed by atoms with Crippen molar-refractivity contribution in [2.75, 3.05) is 0 Å². The molecule has 3 nitrogen and oxygen atoms in total. The Labute approximate surface area is 129 Å². The summed E-state index contributed by atoms with van der Waals surface area (Å²) in [5.74, 6) is 0. The molecule has 21 heavy (non-hydrogen) atoms. The minimum atomic E-state index is -3.37. The van der Waals surface area contributed by atoms with E-state index in [1.54, 1.807) is 12.1 Å². The van der Waals surface area contributed by atoms with Gasteiger partial charge < -0.3 is 0 Å². The van der Waals surface area contributed by atoms with Gasteiger partial charge in [0.1, 0.15) is 0 Å². The lowest BCUT2D eigenvalue weighted by Crippen LogP contribution is -2.36. The van der Waals surface area contributed by atoms with Crippen molar-refractivity contribution in [3.63, 3.8) is 0 Å². The molecule has 0 radical (unpaired) electrons. The van der Waals surface area contributed by atoms with Crippen molar-refractivity contribution in [2.45, 2.75) is 70.2 Å². The van der Waals surface area contributed by atoms with E-state index in [2.05, 4.69) is 25.5 Å². The first-order valence-corrected chi connectivity index (χ1v) is 9.36. The molecule has 4 heteroatoms. The Bertz CT molecular complexity index is 549. The fraction of sp³-hybridized carbons (Fsp3) is 0.647. The summed E-state index contributed by atoms with van der Waals surface area (Å²) >= 11 is 0. The Morgan fingerprint density at radius 1 is 1.05 bits per heavy atom. The lowest BCUT2D eigenvalue weighted by atomic mass is 9.88. The van der Waals surface area contributed by atoms with Crippen molar-refractivity contribution in [1.29, 1.82) is 0 Å². The molecular weight excluding hydrogens is 282 g/mol. The molecule has 1 aromatic rings. The van der Waals surface area contributed by atoms with Crippen LogP contribution in [0.5, 0.6) is 0 Å². The van der Waals surface area contributed by atoms with Crippen LogP contribution < -0.4 is 4.72 Å². The predicted molar refractivity (Wildman–Crippen MR) is 86.8 cm³/mol. The average molecular weight is 309 g/mol. The largest absolute Gasteiger partial charge is 0.240 e. The second-order valence-corrected chi connectivity index (χ2v) is 9.05. The fourth-order valence-electron chi connectivity index (χ4n) is 2.91. The maximum Gasteiger partial charge on any atom is 0.240 e. The van der Waals surface area contributed by atoms with Gasteiger partial charge in [0, 0.05) is 6.04 Å². The third-order valence-electron chi connectivity index (χ3n) is 3.90. The van der Waals surface area contributed by atoms with Crippen LogP contribution in [0.25, 0.3) is 0 Å². The van der Waals surface area contributed by atoms with Crippen LogP contribution in [0.4, 0.5) is 0 Å². The third kappa shape index (κ3) is 5.11. The first kappa shape index (κ1) is 16.5. The zero-order chi connectivity index (χ0) is 15.5. The summed E-state index contributed by atoms with van der Waals surface area (Å²) in [6, 6.07) is 7.43. The molecule has 0 amide bonds. The summed E-state index contributed by atoms with van der Waals surface area (Å²) < 4.78 is 27.6. The maximum atomic E-state index is 12.4. The molecule has 1 saturated carbocycles. The number of nitrogens with one attached hydrogen (secondary N) is 1. The van der Waals surface area contributed by atoms with Crippen LogP contribution in [-0.2, 0) is 16.4 Å². The number of hydrogen-bond donors (Lipinski definition) is 1. The summed E-state index contributed by atoms with van der Waals surface area (Å²) in [5, 5.41) is 0. The van der Waals surface area contributed by atoms with Crippen LogP contribution in [0.3, 0.4) is 0 Å². The van der Waals surface area contributed by atoms with E-state index >= 15 is 0 Å². The summed E-state index contributed by atoms with van der Waals surface area (Å²) in [7, 11) is -3.37. The van der Waals surface area contributed by atoms with Crippen molar-refractivity contribution in [3.05, 3.63) is 29.8 Å². The first-order valence-electron chi connectivity index (χ1n) is 7.88. The highest BCUT2D eigenvalue weighted by molar-refractivity contribution is 7.89. The average Bonchev–Trinajstić information content (AvgIpc) is 2.38. The van der Waals surface area contributed by atoms with Crippen molar-refractivity contribution in [2.24, 2.45) is 5.41 Å². The number of hydrogen-bond acceptors (Lipinski definition) is 2. The Morgan fingerprint density at radius 2 is 1.62 bits per heavy atom. The molecule has 1 aliphatic rings. The van der Waals surface area contributed by atoms with E-state index in [1.165, 1.54) is 12.0 Å². The molecule has 0 unspecified atom stereocenters. The molecule has 0 heterocycles. The Hall–Kier alpha value is -0.870. The van der Waals surface area contributed by atoms with Crippen molar-refractivity contribution in [3.8, 4) is 0 Å². The number of benzene rings is 1. The topological polar surface area (TPSA) is 46.2 Å². The minimum absolute atomic E-state index is 0.109. The van der Waals surface area contributed by atoms with Crippen molar-refractivity contribution < 1.29 is 8.42 Å². The summed E-state index contributed by atoms with van der Waals surface area (Å²) in [6.45, 7) is 6.55. The van der Waals surface area contributed by atoms with Crippen LogP contribution in [0.15, 0.2) is 29.2 Å². The smallest absolute Gasteiger partial charge is 0.208 e. The van der Waals surface area contributed by atoms with E-state index in [0.29, 0.717) is 4.90 Å². The Balaban J connectivity index is 2.06. The van der Waals surface area contributed by atoms with Gasteiger partial charge in [-0.05, 0) is 42.4 Å². The highest BCUT2D eigenvalue weighted by Crippen LogP contribution is 2.23. The normalized spacial score (nSPS) is 17.9. The molecule has 0 aliphatic heterocycles. The van der Waals surface area contributed by atoms with Crippen LogP contribution in [0.2, 0.25) is 0 Å². The van der Waals surface area contributed by atoms with Crippen LogP contribution >= 0.6 is 0 Å². The Morgan fingerprint density at radius 3 is 2.14 bits per heavy atom. The number of sulfonamides is 1. The molecule has 0 aromatic heterocycles. The van der Waals surface area contributed by atoms with E-state index in [1.807, 2.05) is 12.1 Å². The van der Waals surface area contributed by atoms with Crippen LogP contribution in [-0.4, -0.2) is 14.5 Å². The van der Waals surface area contributed by atoms with E-state index in [9.17, 15) is 8.42 Å². The molecule has 0 spiro atoms. The standard InChI is InChI=1S/C17H27NO2S/c1-17(2,3)13-14-9-11-16(12-10-14)21(19,20)18-15-7-5-4-6-8-15/h9-12,15,18H,4-8,13H2,1-3H3. The van der Waals surface area contributed by atoms with Crippen molar-refractivity contribution >= 4 is 10.0 Å². The molecule has 1 N–H and O–H groups in total. The second kappa shape index (κ2) is 6.49. The second-order valence-electron chi connectivity index (χ2n) is 7.34. The summed E-state index contributed by atoms with van der Waals surface area (Å²) in [4.78, 5) is 0.380. The molecule has 0 atom stereocenters. The molecule has 0 saturated heterocycles. The van der Waals surface area contributed by atoms with E-state index < -0.39 is 10.0 Å². The molecule has 118 valence electrons. The highest BCUT2D eigenvalue weighted by atomic mass is 32.2. The van der Waals surface area contributed by atoms with Gasteiger partial charge in [-0.15, -0.1) is 0 Å². The van der Waals surface area contributed by atoms with E-state index in [-0.39, 0.29) is 11.5 Å². The van der Waals surface area contributed by atoms with Gasteiger partial charge in [-0.3, -0.25) is 0 Å². The quantitative estimate of drug-likeness (QED) is 0.917. The molecule has 1 aliphatic carbocycles. The summed E-state index contributed by atoms with van der Waals surface area (Å²) in [6.07, 6.45) is 6.33. The molecule has 2 rings (SSSR count). The lowest BCUT2D eigenvalue weighted by molar-refractivity contribution is 0.411. The van der Waals surface area contributed by atoms with Gasteiger partial charge in [0.15, 0.2) is 0 Å². The molecular formula is C17H27NO2S. The zero-order valence-electron chi connectivity index (χ0n) is 13.4. The maximum absolute atomic E-state index is 12.4. The fourth-order valence-corrected chi connectivity index (χ4v) is 4.21. The minimum Gasteiger partial charge on any atom is -0.208 e. The predicted octanol–water partition coefficient (Wildman–Crippen LogP) is 3.89. The molecule has 1 aromatic carbocycles. The third-order valence-corrected chi connectivity index (χ3v) is 5.43. The van der Waals surface area contributed by atoms with Gasteiger partial charge in [0.25, 0.3) is 0 Å². The highest BCUT2D eigenvalue weighted by Gasteiger charge is 2.22. The monoisotopic (exact) mass is 309 g/mol. The van der Waals surface area contributed by atoms with Gasteiger partial charge in [0.2, 0.25) is 10.0 Å². The summed E-state index contributed by atoms with van der Waals surface area (Å²) in [5.41, 5.74) is 1.39. The van der Waals surface area contributed by atoms with Gasteiger partial charge in [-0.1, -0.05) is 52.2 Å². The zero-order valence-corrected chi connectivity index (χ0v) is 14.2. The lowest BCUT2D eigenvalue weighted by Gasteiger charge is -2.22. The van der Waals surface area contributed by atoms with Crippen molar-refractivity contribution in [1.82, 2.24) is 4.72 Å². The molecule has 1 fully saturated rings. The Kier molecular flexibility index (Phi) is 5.10. The van der Waals surface area contributed by atoms with Gasteiger partial charge in [-0.25, -0.2) is 13.1 Å². The molecule has 0 bridgehead atoms. The van der Waals surface area contributed by atoms with Crippen LogP contribution in [0, 0.1) is 5.41 Å². The first-order chi connectivity index (χ1) is 9.76. The van der Waals surface area contributed by atoms with Gasteiger partial charge >= 0.3 is 0 Å². The van der Waals surface area contributed by atoms with E-state index in [0.717, 1.165) is 32.1 Å². The number of rotatable bonds is 4. The van der Waals surface area contributed by atoms with Crippen LogP contribution in [0.1, 0.15) is 58.4 Å². The SMILES string of the molecule is CC(C)(C)Cc1ccc(S(=O)(=O)NC2CCCCC2)cc1. The van der Waals surface area contributed by atoms with E-state index in [4.69, 9.17) is 0 Å².